The molecule has 0 aliphatic rings. The molecule has 0 fully saturated rings. The van der Waals surface area contributed by atoms with Gasteiger partial charge in [0.2, 0.25) is 0 Å². The summed E-state index contributed by atoms with van der Waals surface area (Å²) in [6, 6.07) is 2.06. The third kappa shape index (κ3) is 1.71. The maximum absolute atomic E-state index is 8.24. The van der Waals surface area contributed by atoms with Crippen molar-refractivity contribution in [2.45, 2.75) is 12.8 Å². The zero-order valence-corrected chi connectivity index (χ0v) is 6.19. The molecule has 10 heavy (non-hydrogen) atoms. The first-order chi connectivity index (χ1) is 4.83. The summed E-state index contributed by atoms with van der Waals surface area (Å²) >= 11 is 1.44. The molecule has 0 amide bonds. The molecular weight excluding hydrogens is 146 g/mol. The van der Waals surface area contributed by atoms with Crippen LogP contribution in [0.15, 0.2) is 6.20 Å². The van der Waals surface area contributed by atoms with Crippen molar-refractivity contribution in [1.82, 2.24) is 4.98 Å². The number of rotatable bonds is 2. The predicted octanol–water partition coefficient (Wildman–Crippen LogP) is 1.18. The molecule has 0 unspecified atom stereocenters. The lowest BCUT2D eigenvalue weighted by molar-refractivity contribution is 1.03. The van der Waals surface area contributed by atoms with Crippen molar-refractivity contribution in [2.75, 3.05) is 5.73 Å². The van der Waals surface area contributed by atoms with Gasteiger partial charge in [0.25, 0.3) is 0 Å². The first kappa shape index (κ1) is 7.03. The SMILES string of the molecule is N#CCCc1cnc(N)s1. The normalized spacial score (nSPS) is 9.10. The quantitative estimate of drug-likeness (QED) is 0.694. The lowest BCUT2D eigenvalue weighted by Gasteiger charge is -1.83. The van der Waals surface area contributed by atoms with Gasteiger partial charge in [0.05, 0.1) is 6.07 Å². The van der Waals surface area contributed by atoms with Gasteiger partial charge in [0.15, 0.2) is 5.13 Å². The molecule has 0 aromatic carbocycles. The van der Waals surface area contributed by atoms with E-state index >= 15 is 0 Å². The molecular formula is C6H7N3S. The van der Waals surface area contributed by atoms with Crippen molar-refractivity contribution in [3.8, 4) is 6.07 Å². The van der Waals surface area contributed by atoms with Crippen LogP contribution in [0, 0.1) is 11.3 Å². The van der Waals surface area contributed by atoms with Crippen molar-refractivity contribution >= 4 is 16.5 Å². The second kappa shape index (κ2) is 3.18. The molecule has 52 valence electrons. The van der Waals surface area contributed by atoms with Crippen LogP contribution in [0.3, 0.4) is 0 Å². The monoisotopic (exact) mass is 153 g/mol. The van der Waals surface area contributed by atoms with Crippen molar-refractivity contribution in [3.05, 3.63) is 11.1 Å². The Morgan fingerprint density at radius 3 is 3.10 bits per heavy atom. The van der Waals surface area contributed by atoms with Crippen LogP contribution in [0.5, 0.6) is 0 Å². The number of hydrogen-bond donors (Lipinski definition) is 1. The van der Waals surface area contributed by atoms with Gasteiger partial charge in [-0.3, -0.25) is 0 Å². The Morgan fingerprint density at radius 2 is 2.60 bits per heavy atom. The van der Waals surface area contributed by atoms with E-state index in [1.54, 1.807) is 6.20 Å². The first-order valence-corrected chi connectivity index (χ1v) is 3.71. The van der Waals surface area contributed by atoms with Gasteiger partial charge in [0, 0.05) is 17.5 Å². The molecule has 1 aromatic rings. The number of thiazole rings is 1. The third-order valence-electron chi connectivity index (χ3n) is 1.05. The van der Waals surface area contributed by atoms with E-state index in [1.165, 1.54) is 11.3 Å². The number of aromatic nitrogens is 1. The van der Waals surface area contributed by atoms with Crippen molar-refractivity contribution in [1.29, 1.82) is 5.26 Å². The number of nitrogens with zero attached hydrogens (tertiary/aromatic N) is 2. The van der Waals surface area contributed by atoms with Crippen LogP contribution >= 0.6 is 11.3 Å². The molecule has 3 nitrogen and oxygen atoms in total. The van der Waals surface area contributed by atoms with Crippen LogP contribution in [0.4, 0.5) is 5.13 Å². The van der Waals surface area contributed by atoms with E-state index in [2.05, 4.69) is 11.1 Å². The minimum atomic E-state index is 0.543. The largest absolute Gasteiger partial charge is 0.375 e. The Labute approximate surface area is 63.1 Å². The summed E-state index contributed by atoms with van der Waals surface area (Å²) < 4.78 is 0. The summed E-state index contributed by atoms with van der Waals surface area (Å²) in [6.45, 7) is 0. The summed E-state index contributed by atoms with van der Waals surface area (Å²) in [5.74, 6) is 0. The van der Waals surface area contributed by atoms with Crippen molar-refractivity contribution < 1.29 is 0 Å². The second-order valence-electron chi connectivity index (χ2n) is 1.82. The summed E-state index contributed by atoms with van der Waals surface area (Å²) in [4.78, 5) is 4.94. The highest BCUT2D eigenvalue weighted by atomic mass is 32.1. The minimum absolute atomic E-state index is 0.543. The standard InChI is InChI=1S/C6H7N3S/c7-3-1-2-5-4-9-6(8)10-5/h4H,1-2H2,(H2,8,9). The highest BCUT2D eigenvalue weighted by Crippen LogP contribution is 2.15. The summed E-state index contributed by atoms with van der Waals surface area (Å²) in [7, 11) is 0. The molecule has 0 atom stereocenters. The molecule has 1 heterocycles. The van der Waals surface area contributed by atoms with Crippen LogP contribution in [0.2, 0.25) is 0 Å². The molecule has 0 spiro atoms. The van der Waals surface area contributed by atoms with E-state index in [1.807, 2.05) is 0 Å². The topological polar surface area (TPSA) is 62.7 Å². The van der Waals surface area contributed by atoms with E-state index in [0.29, 0.717) is 11.6 Å². The number of nitrogens with two attached hydrogens (primary N) is 1. The van der Waals surface area contributed by atoms with E-state index in [-0.39, 0.29) is 0 Å². The lowest BCUT2D eigenvalue weighted by Crippen LogP contribution is -1.77. The fraction of sp³-hybridized carbons (Fsp3) is 0.333. The molecule has 1 aromatic heterocycles. The van der Waals surface area contributed by atoms with Crippen LogP contribution in [0.1, 0.15) is 11.3 Å². The van der Waals surface area contributed by atoms with Crippen LogP contribution in [-0.4, -0.2) is 4.98 Å². The Balaban J connectivity index is 2.52. The number of aryl methyl sites for hydroxylation is 1. The number of nitriles is 1. The molecule has 1 rings (SSSR count). The maximum atomic E-state index is 8.24. The maximum Gasteiger partial charge on any atom is 0.180 e. The zero-order chi connectivity index (χ0) is 7.40. The number of anilines is 1. The summed E-state index contributed by atoms with van der Waals surface area (Å²) in [5.41, 5.74) is 5.37. The van der Waals surface area contributed by atoms with Crippen molar-refractivity contribution in [2.24, 2.45) is 0 Å². The molecule has 0 aliphatic carbocycles. The average Bonchev–Trinajstić information content (AvgIpc) is 2.31. The molecule has 0 saturated heterocycles. The van der Waals surface area contributed by atoms with E-state index in [9.17, 15) is 0 Å². The van der Waals surface area contributed by atoms with Gasteiger partial charge in [-0.25, -0.2) is 4.98 Å². The van der Waals surface area contributed by atoms with E-state index in [4.69, 9.17) is 11.0 Å². The van der Waals surface area contributed by atoms with Gasteiger partial charge in [-0.1, -0.05) is 0 Å². The van der Waals surface area contributed by atoms with E-state index in [0.717, 1.165) is 11.3 Å². The smallest absolute Gasteiger partial charge is 0.180 e. The highest BCUT2D eigenvalue weighted by molar-refractivity contribution is 7.15. The van der Waals surface area contributed by atoms with E-state index < -0.39 is 0 Å². The van der Waals surface area contributed by atoms with Crippen LogP contribution in [-0.2, 0) is 6.42 Å². The summed E-state index contributed by atoms with van der Waals surface area (Å²) in [6.07, 6.45) is 3.03. The fourth-order valence-corrected chi connectivity index (χ4v) is 1.30. The Bertz CT molecular complexity index is 248. The second-order valence-corrected chi connectivity index (χ2v) is 2.97. The Morgan fingerprint density at radius 1 is 1.80 bits per heavy atom. The molecule has 0 saturated carbocycles. The molecule has 4 heteroatoms. The lowest BCUT2D eigenvalue weighted by atomic mass is 10.3. The summed E-state index contributed by atoms with van der Waals surface area (Å²) in [5, 5.41) is 8.81. The van der Waals surface area contributed by atoms with Gasteiger partial charge < -0.3 is 5.73 Å². The predicted molar refractivity (Wildman–Crippen MR) is 40.5 cm³/mol. The van der Waals surface area contributed by atoms with Crippen LogP contribution in [0.25, 0.3) is 0 Å². The average molecular weight is 153 g/mol. The van der Waals surface area contributed by atoms with Crippen LogP contribution < -0.4 is 5.73 Å². The highest BCUT2D eigenvalue weighted by Gasteiger charge is 1.96. The third-order valence-corrected chi connectivity index (χ3v) is 1.94. The first-order valence-electron chi connectivity index (χ1n) is 2.90. The number of nitrogen functional groups attached to an aromatic ring is 1. The van der Waals surface area contributed by atoms with Gasteiger partial charge in [-0.15, -0.1) is 11.3 Å². The molecule has 0 aliphatic heterocycles. The zero-order valence-electron chi connectivity index (χ0n) is 5.37. The number of hydrogen-bond acceptors (Lipinski definition) is 4. The van der Waals surface area contributed by atoms with Gasteiger partial charge in [-0.05, 0) is 6.42 Å². The molecule has 2 N–H and O–H groups in total. The Hall–Kier alpha value is -1.08. The van der Waals surface area contributed by atoms with Gasteiger partial charge in [0.1, 0.15) is 0 Å². The van der Waals surface area contributed by atoms with Gasteiger partial charge >= 0.3 is 0 Å². The minimum Gasteiger partial charge on any atom is -0.375 e. The van der Waals surface area contributed by atoms with Gasteiger partial charge in [-0.2, -0.15) is 5.26 Å². The molecule has 0 bridgehead atoms. The molecule has 0 radical (unpaired) electrons. The van der Waals surface area contributed by atoms with Crippen molar-refractivity contribution in [3.63, 3.8) is 0 Å². The Kier molecular flexibility index (Phi) is 2.24. The fourth-order valence-electron chi connectivity index (χ4n) is 0.617.